The smallest absolute Gasteiger partial charge is 0.233 e. The maximum absolute atomic E-state index is 12.3. The van der Waals surface area contributed by atoms with E-state index in [1.54, 1.807) is 0 Å². The Balaban J connectivity index is 1.98. The normalized spacial score (nSPS) is 17.9. The van der Waals surface area contributed by atoms with Crippen LogP contribution in [0.3, 0.4) is 0 Å². The van der Waals surface area contributed by atoms with Gasteiger partial charge in [0.05, 0.1) is 11.3 Å². The fourth-order valence-corrected chi connectivity index (χ4v) is 3.24. The molecule has 1 aromatic heterocycles. The van der Waals surface area contributed by atoms with Gasteiger partial charge in [0.1, 0.15) is 0 Å². The number of aromatic nitrogens is 4. The number of hydrogen-bond acceptors (Lipinski definition) is 5. The lowest BCUT2D eigenvalue weighted by Gasteiger charge is -2.26. The van der Waals surface area contributed by atoms with Crippen LogP contribution in [-0.2, 0) is 4.79 Å². The van der Waals surface area contributed by atoms with E-state index < -0.39 is 0 Å². The predicted octanol–water partition coefficient (Wildman–Crippen LogP) is 2.57. The molecule has 7 heteroatoms. The topological polar surface area (TPSA) is 72.7 Å². The number of carbonyl (C=O) groups excluding carboxylic acids is 1. The molecule has 0 saturated heterocycles. The van der Waals surface area contributed by atoms with Gasteiger partial charge in [0, 0.05) is 5.54 Å². The molecule has 6 nitrogen and oxygen atoms in total. The Labute approximate surface area is 130 Å². The molecule has 2 rings (SSSR count). The molecular weight excluding hydrogens is 286 g/mol. The van der Waals surface area contributed by atoms with Crippen molar-refractivity contribution < 1.29 is 4.79 Å². The predicted molar refractivity (Wildman–Crippen MR) is 83.2 cm³/mol. The lowest BCUT2D eigenvalue weighted by molar-refractivity contribution is -0.121. The summed E-state index contributed by atoms with van der Waals surface area (Å²) in [5.41, 5.74) is -0.177. The molecule has 0 radical (unpaired) electrons. The zero-order valence-corrected chi connectivity index (χ0v) is 14.1. The number of tetrazole rings is 1. The van der Waals surface area contributed by atoms with Gasteiger partial charge in [-0.3, -0.25) is 4.79 Å². The molecule has 1 saturated carbocycles. The quantitative estimate of drug-likeness (QED) is 0.817. The van der Waals surface area contributed by atoms with Gasteiger partial charge in [0.2, 0.25) is 11.1 Å². The molecule has 0 aliphatic heterocycles. The number of amides is 1. The van der Waals surface area contributed by atoms with E-state index in [0.717, 1.165) is 24.4 Å². The first-order valence-electron chi connectivity index (χ1n) is 7.69. The van der Waals surface area contributed by atoms with E-state index in [0.29, 0.717) is 6.04 Å². The van der Waals surface area contributed by atoms with Crippen LogP contribution in [0.5, 0.6) is 0 Å². The Morgan fingerprint density at radius 3 is 2.76 bits per heavy atom. The van der Waals surface area contributed by atoms with E-state index in [-0.39, 0.29) is 16.7 Å². The summed E-state index contributed by atoms with van der Waals surface area (Å²) in [6.45, 7) is 8.04. The summed E-state index contributed by atoms with van der Waals surface area (Å²) in [6, 6.07) is 0.393. The zero-order valence-electron chi connectivity index (χ0n) is 13.3. The molecule has 1 atom stereocenters. The van der Waals surface area contributed by atoms with Gasteiger partial charge < -0.3 is 5.32 Å². The van der Waals surface area contributed by atoms with Crippen molar-refractivity contribution in [2.75, 3.05) is 0 Å². The van der Waals surface area contributed by atoms with Gasteiger partial charge in [-0.15, -0.1) is 5.10 Å². The minimum Gasteiger partial charge on any atom is -0.350 e. The maximum atomic E-state index is 12.3. The summed E-state index contributed by atoms with van der Waals surface area (Å²) in [5.74, 6) is 0.0350. The van der Waals surface area contributed by atoms with Crippen molar-refractivity contribution in [1.82, 2.24) is 25.5 Å². The molecule has 1 heterocycles. The van der Waals surface area contributed by atoms with E-state index in [1.807, 2.05) is 25.5 Å². The van der Waals surface area contributed by atoms with E-state index in [2.05, 4.69) is 27.8 Å². The Kier molecular flexibility index (Phi) is 5.24. The number of nitrogens with one attached hydrogen (secondary N) is 1. The van der Waals surface area contributed by atoms with E-state index in [1.165, 1.54) is 24.6 Å². The molecule has 1 N–H and O–H groups in total. The Morgan fingerprint density at radius 1 is 1.48 bits per heavy atom. The summed E-state index contributed by atoms with van der Waals surface area (Å²) < 4.78 is 1.90. The number of thioether (sulfide) groups is 1. The lowest BCUT2D eigenvalue weighted by atomic mass is 10.0. The second-order valence-electron chi connectivity index (χ2n) is 6.33. The number of hydrogen-bond donors (Lipinski definition) is 1. The van der Waals surface area contributed by atoms with Crippen LogP contribution in [0.4, 0.5) is 0 Å². The summed E-state index contributed by atoms with van der Waals surface area (Å²) in [5, 5.41) is 15.6. The fourth-order valence-electron chi connectivity index (χ4n) is 2.38. The molecule has 1 aliphatic carbocycles. The van der Waals surface area contributed by atoms with E-state index in [4.69, 9.17) is 0 Å². The average molecular weight is 311 g/mol. The molecule has 118 valence electrons. The van der Waals surface area contributed by atoms with E-state index in [9.17, 15) is 4.79 Å². The van der Waals surface area contributed by atoms with Gasteiger partial charge in [-0.05, 0) is 50.5 Å². The second kappa shape index (κ2) is 6.77. The van der Waals surface area contributed by atoms with Crippen molar-refractivity contribution in [3.63, 3.8) is 0 Å². The third-order valence-electron chi connectivity index (χ3n) is 4.13. The molecule has 1 amide bonds. The molecule has 0 spiro atoms. The van der Waals surface area contributed by atoms with Crippen molar-refractivity contribution in [3.8, 4) is 0 Å². The molecule has 0 bridgehead atoms. The van der Waals surface area contributed by atoms with Gasteiger partial charge in [0.25, 0.3) is 0 Å². The van der Waals surface area contributed by atoms with Crippen LogP contribution in [0, 0.1) is 0 Å². The van der Waals surface area contributed by atoms with Crippen molar-refractivity contribution in [2.24, 2.45) is 0 Å². The van der Waals surface area contributed by atoms with E-state index >= 15 is 0 Å². The average Bonchev–Trinajstić information content (AvgIpc) is 3.08. The minimum atomic E-state index is -0.207. The number of rotatable bonds is 6. The fraction of sp³-hybridized carbons (Fsp3) is 0.857. The Hall–Kier alpha value is -1.11. The van der Waals surface area contributed by atoms with Crippen LogP contribution in [-0.4, -0.2) is 36.9 Å². The van der Waals surface area contributed by atoms with Gasteiger partial charge in [-0.2, -0.15) is 0 Å². The third-order valence-corrected chi connectivity index (χ3v) is 5.18. The monoisotopic (exact) mass is 311 g/mol. The summed E-state index contributed by atoms with van der Waals surface area (Å²) in [6.07, 6.45) is 5.62. The van der Waals surface area contributed by atoms with Crippen molar-refractivity contribution in [3.05, 3.63) is 0 Å². The van der Waals surface area contributed by atoms with Crippen LogP contribution >= 0.6 is 11.8 Å². The first-order valence-corrected chi connectivity index (χ1v) is 8.57. The highest BCUT2D eigenvalue weighted by Gasteiger charge is 2.26. The van der Waals surface area contributed by atoms with Gasteiger partial charge in [0.15, 0.2) is 0 Å². The second-order valence-corrected chi connectivity index (χ2v) is 7.64. The van der Waals surface area contributed by atoms with Crippen LogP contribution in [0.1, 0.15) is 65.8 Å². The van der Waals surface area contributed by atoms with Gasteiger partial charge in [-0.1, -0.05) is 31.5 Å². The highest BCUT2D eigenvalue weighted by atomic mass is 32.2. The molecule has 0 aromatic carbocycles. The standard InChI is InChI=1S/C14H25N5OS/c1-5-14(3,4)15-12(20)10(2)21-13-16-17-18-19(13)11-8-6-7-9-11/h10-11H,5-9H2,1-4H3,(H,15,20). The van der Waals surface area contributed by atoms with Gasteiger partial charge >= 0.3 is 0 Å². The molecule has 1 aliphatic rings. The first-order chi connectivity index (χ1) is 9.93. The van der Waals surface area contributed by atoms with Crippen LogP contribution in [0.2, 0.25) is 0 Å². The maximum Gasteiger partial charge on any atom is 0.233 e. The molecule has 1 unspecified atom stereocenters. The third kappa shape index (κ3) is 4.18. The van der Waals surface area contributed by atoms with Crippen LogP contribution < -0.4 is 5.32 Å². The molecule has 1 aromatic rings. The highest BCUT2D eigenvalue weighted by molar-refractivity contribution is 8.00. The molecular formula is C14H25N5OS. The Bertz CT molecular complexity index is 481. The Morgan fingerprint density at radius 2 is 2.14 bits per heavy atom. The SMILES string of the molecule is CCC(C)(C)NC(=O)C(C)Sc1nnnn1C1CCCC1. The number of carbonyl (C=O) groups is 1. The molecule has 21 heavy (non-hydrogen) atoms. The summed E-state index contributed by atoms with van der Waals surface area (Å²) >= 11 is 1.44. The van der Waals surface area contributed by atoms with Gasteiger partial charge in [-0.25, -0.2) is 4.68 Å². The van der Waals surface area contributed by atoms with Crippen molar-refractivity contribution in [2.45, 2.75) is 81.8 Å². The number of nitrogens with zero attached hydrogens (tertiary/aromatic N) is 4. The first kappa shape index (κ1) is 16.3. The highest BCUT2D eigenvalue weighted by Crippen LogP contribution is 2.32. The summed E-state index contributed by atoms with van der Waals surface area (Å²) in [4.78, 5) is 12.3. The van der Waals surface area contributed by atoms with Crippen molar-refractivity contribution >= 4 is 17.7 Å². The van der Waals surface area contributed by atoms with Crippen molar-refractivity contribution in [1.29, 1.82) is 0 Å². The zero-order chi connectivity index (χ0) is 15.5. The van der Waals surface area contributed by atoms with Crippen LogP contribution in [0.25, 0.3) is 0 Å². The minimum absolute atomic E-state index is 0.0350. The molecule has 1 fully saturated rings. The lowest BCUT2D eigenvalue weighted by Crippen LogP contribution is -2.46. The largest absolute Gasteiger partial charge is 0.350 e. The van der Waals surface area contributed by atoms with Crippen LogP contribution in [0.15, 0.2) is 5.16 Å². The summed E-state index contributed by atoms with van der Waals surface area (Å²) in [7, 11) is 0.